The average Bonchev–Trinajstić information content (AvgIpc) is 2.88. The van der Waals surface area contributed by atoms with E-state index in [0.717, 1.165) is 11.6 Å². The van der Waals surface area contributed by atoms with Crippen LogP contribution in [-0.2, 0) is 10.0 Å². The molecular weight excluding hydrogens is 322 g/mol. The van der Waals surface area contributed by atoms with Gasteiger partial charge in [0, 0.05) is 6.07 Å². The predicted octanol–water partition coefficient (Wildman–Crippen LogP) is 1.55. The molecule has 1 heterocycles. The van der Waals surface area contributed by atoms with Gasteiger partial charge in [-0.2, -0.15) is 0 Å². The van der Waals surface area contributed by atoms with Crippen LogP contribution < -0.4 is 4.72 Å². The lowest BCUT2D eigenvalue weighted by Gasteiger charge is -2.07. The molecule has 11 heteroatoms. The number of carboxylic acids is 1. The molecule has 0 amide bonds. The van der Waals surface area contributed by atoms with Crippen LogP contribution in [0.5, 0.6) is 0 Å². The van der Waals surface area contributed by atoms with Crippen LogP contribution in [0.25, 0.3) is 0 Å². The molecule has 0 aliphatic rings. The molecule has 0 aliphatic heterocycles. The second-order valence-electron chi connectivity index (χ2n) is 3.67. The molecule has 110 valence electrons. The zero-order chi connectivity index (χ0) is 15.6. The molecule has 0 radical (unpaired) electrons. The predicted molar refractivity (Wildman–Crippen MR) is 73.0 cm³/mol. The lowest BCUT2D eigenvalue weighted by atomic mass is 10.3. The molecule has 0 saturated carbocycles. The van der Waals surface area contributed by atoms with Crippen molar-refractivity contribution in [2.24, 2.45) is 0 Å². The minimum Gasteiger partial charge on any atom is -0.476 e. The molecule has 1 aromatic heterocycles. The van der Waals surface area contributed by atoms with Crippen molar-refractivity contribution in [1.82, 2.24) is 4.98 Å². The number of carboxylic acid groups (broad SMARTS) is 1. The van der Waals surface area contributed by atoms with E-state index in [4.69, 9.17) is 5.11 Å². The fraction of sp³-hybridized carbons (Fsp3) is 0. The Bertz CT molecular complexity index is 814. The number of nitrogens with zero attached hydrogens (tertiary/aromatic N) is 2. The number of nitro groups is 1. The first-order valence-electron chi connectivity index (χ1n) is 5.26. The molecule has 0 unspecified atom stereocenters. The standard InChI is InChI=1S/C10H7N3O6S2/c14-9(15)8-10(20-5-11-8)21(18,19)12-6-3-1-2-4-7(6)13(16)17/h1-5,12H,(H,14,15). The third-order valence-electron chi connectivity index (χ3n) is 2.33. The normalized spacial score (nSPS) is 11.0. The van der Waals surface area contributed by atoms with Gasteiger partial charge in [-0.1, -0.05) is 12.1 Å². The fourth-order valence-corrected chi connectivity index (χ4v) is 3.69. The van der Waals surface area contributed by atoms with Crippen molar-refractivity contribution in [2.45, 2.75) is 4.21 Å². The number of rotatable bonds is 5. The van der Waals surface area contributed by atoms with Crippen LogP contribution in [0.2, 0.25) is 0 Å². The molecule has 0 aliphatic carbocycles. The second-order valence-corrected chi connectivity index (χ2v) is 6.41. The van der Waals surface area contributed by atoms with Crippen LogP contribution in [-0.4, -0.2) is 29.4 Å². The zero-order valence-corrected chi connectivity index (χ0v) is 11.7. The number of aromatic carboxylic acids is 1. The minimum absolute atomic E-state index is 0.257. The van der Waals surface area contributed by atoms with E-state index in [0.29, 0.717) is 11.3 Å². The van der Waals surface area contributed by atoms with E-state index in [1.54, 1.807) is 0 Å². The molecule has 1 aromatic carbocycles. The summed E-state index contributed by atoms with van der Waals surface area (Å²) < 4.78 is 25.8. The van der Waals surface area contributed by atoms with Crippen LogP contribution in [0.15, 0.2) is 34.0 Å². The number of thiazole rings is 1. The van der Waals surface area contributed by atoms with Gasteiger partial charge in [-0.15, -0.1) is 11.3 Å². The Balaban J connectivity index is 2.46. The fourth-order valence-electron chi connectivity index (χ4n) is 1.48. The molecule has 0 spiro atoms. The molecule has 2 N–H and O–H groups in total. The first kappa shape index (κ1) is 14.9. The highest BCUT2D eigenvalue weighted by atomic mass is 32.2. The molecule has 0 saturated heterocycles. The van der Waals surface area contributed by atoms with E-state index in [1.165, 1.54) is 18.2 Å². The summed E-state index contributed by atoms with van der Waals surface area (Å²) in [6.45, 7) is 0. The van der Waals surface area contributed by atoms with E-state index >= 15 is 0 Å². The van der Waals surface area contributed by atoms with Gasteiger partial charge in [-0.3, -0.25) is 14.8 Å². The number of benzene rings is 1. The topological polar surface area (TPSA) is 140 Å². The summed E-state index contributed by atoms with van der Waals surface area (Å²) in [7, 11) is -4.28. The Hall–Kier alpha value is -2.53. The van der Waals surface area contributed by atoms with E-state index in [1.807, 2.05) is 4.72 Å². The van der Waals surface area contributed by atoms with Crippen molar-refractivity contribution in [3.63, 3.8) is 0 Å². The lowest BCUT2D eigenvalue weighted by Crippen LogP contribution is -2.16. The summed E-state index contributed by atoms with van der Waals surface area (Å²) in [5.41, 5.74) is -0.266. The minimum atomic E-state index is -4.28. The highest BCUT2D eigenvalue weighted by Gasteiger charge is 2.27. The summed E-state index contributed by atoms with van der Waals surface area (Å²) in [4.78, 5) is 24.4. The van der Waals surface area contributed by atoms with E-state index in [-0.39, 0.29) is 5.69 Å². The lowest BCUT2D eigenvalue weighted by molar-refractivity contribution is -0.383. The number of anilines is 1. The third kappa shape index (κ3) is 2.98. The number of nitrogens with one attached hydrogen (secondary N) is 1. The summed E-state index contributed by atoms with van der Waals surface area (Å²) in [5, 5.41) is 19.7. The monoisotopic (exact) mass is 329 g/mol. The Labute approximate surface area is 122 Å². The number of carbonyl (C=O) groups is 1. The van der Waals surface area contributed by atoms with Gasteiger partial charge in [0.15, 0.2) is 9.90 Å². The first-order valence-corrected chi connectivity index (χ1v) is 7.62. The van der Waals surface area contributed by atoms with Crippen molar-refractivity contribution in [3.8, 4) is 0 Å². The molecule has 2 rings (SSSR count). The van der Waals surface area contributed by atoms with Gasteiger partial charge in [0.25, 0.3) is 15.7 Å². The first-order chi connectivity index (χ1) is 9.83. The van der Waals surface area contributed by atoms with Crippen LogP contribution in [0.4, 0.5) is 11.4 Å². The number of nitro benzene ring substituents is 1. The van der Waals surface area contributed by atoms with E-state index < -0.39 is 36.5 Å². The Kier molecular flexibility index (Phi) is 3.86. The van der Waals surface area contributed by atoms with E-state index in [2.05, 4.69) is 4.98 Å². The van der Waals surface area contributed by atoms with Crippen LogP contribution in [0, 0.1) is 10.1 Å². The summed E-state index contributed by atoms with van der Waals surface area (Å²) in [5.74, 6) is -1.50. The van der Waals surface area contributed by atoms with Crippen molar-refractivity contribution < 1.29 is 23.2 Å². The van der Waals surface area contributed by atoms with Gasteiger partial charge < -0.3 is 5.11 Å². The van der Waals surface area contributed by atoms with Crippen LogP contribution in [0.1, 0.15) is 10.5 Å². The van der Waals surface area contributed by atoms with Crippen molar-refractivity contribution in [3.05, 3.63) is 45.6 Å². The summed E-state index contributed by atoms with van der Waals surface area (Å²) >= 11 is 0.606. The molecule has 2 aromatic rings. The maximum Gasteiger partial charge on any atom is 0.356 e. The van der Waals surface area contributed by atoms with Gasteiger partial charge in [0.05, 0.1) is 10.4 Å². The molecule has 9 nitrogen and oxygen atoms in total. The van der Waals surface area contributed by atoms with Crippen LogP contribution >= 0.6 is 11.3 Å². The van der Waals surface area contributed by atoms with Crippen molar-refractivity contribution in [1.29, 1.82) is 0 Å². The SMILES string of the molecule is O=C(O)c1ncsc1S(=O)(=O)Nc1ccccc1[N+](=O)[O-]. The maximum atomic E-state index is 12.1. The third-order valence-corrected chi connectivity index (χ3v) is 5.06. The highest BCUT2D eigenvalue weighted by molar-refractivity contribution is 7.94. The second kappa shape index (κ2) is 5.46. The van der Waals surface area contributed by atoms with Crippen LogP contribution in [0.3, 0.4) is 0 Å². The maximum absolute atomic E-state index is 12.1. The van der Waals surface area contributed by atoms with Gasteiger partial charge in [-0.25, -0.2) is 18.2 Å². The number of sulfonamides is 1. The number of hydrogen-bond donors (Lipinski definition) is 2. The Morgan fingerprint density at radius 2 is 2.05 bits per heavy atom. The smallest absolute Gasteiger partial charge is 0.356 e. The Morgan fingerprint density at radius 1 is 1.38 bits per heavy atom. The number of para-hydroxylation sites is 2. The molecule has 21 heavy (non-hydrogen) atoms. The van der Waals surface area contributed by atoms with Crippen molar-refractivity contribution in [2.75, 3.05) is 4.72 Å². The van der Waals surface area contributed by atoms with E-state index in [9.17, 15) is 23.3 Å². The number of aromatic nitrogens is 1. The highest BCUT2D eigenvalue weighted by Crippen LogP contribution is 2.28. The molecule has 0 bridgehead atoms. The summed E-state index contributed by atoms with van der Waals surface area (Å²) in [6.07, 6.45) is 0. The average molecular weight is 329 g/mol. The zero-order valence-electron chi connectivity index (χ0n) is 10.1. The van der Waals surface area contributed by atoms with Gasteiger partial charge >= 0.3 is 5.97 Å². The van der Waals surface area contributed by atoms with Crippen molar-refractivity contribution >= 4 is 38.7 Å². The van der Waals surface area contributed by atoms with Gasteiger partial charge in [0.1, 0.15) is 5.69 Å². The number of hydrogen-bond acceptors (Lipinski definition) is 7. The quantitative estimate of drug-likeness (QED) is 0.626. The summed E-state index contributed by atoms with van der Waals surface area (Å²) in [6, 6.07) is 5.13. The largest absolute Gasteiger partial charge is 0.476 e. The molecule has 0 atom stereocenters. The van der Waals surface area contributed by atoms with Gasteiger partial charge in [-0.05, 0) is 6.07 Å². The molecular formula is C10H7N3O6S2. The van der Waals surface area contributed by atoms with Gasteiger partial charge in [0.2, 0.25) is 0 Å². The molecule has 0 fully saturated rings. The Morgan fingerprint density at radius 3 is 2.67 bits per heavy atom.